The Balaban J connectivity index is 2.18. The van der Waals surface area contributed by atoms with Crippen LogP contribution in [0.25, 0.3) is 0 Å². The van der Waals surface area contributed by atoms with Gasteiger partial charge in [-0.1, -0.05) is 37.3 Å². The van der Waals surface area contributed by atoms with Crippen molar-refractivity contribution in [3.8, 4) is 11.5 Å². The van der Waals surface area contributed by atoms with Crippen LogP contribution in [-0.4, -0.2) is 0 Å². The third-order valence-corrected chi connectivity index (χ3v) is 3.24. The lowest BCUT2D eigenvalue weighted by Gasteiger charge is -2.25. The standard InChI is InChI=1S/C15H14O/c1-10-7-8-13-11(2)12-5-3-4-6-14(12)16-15(13)9-10/h3-9,11H,1-2H3. The van der Waals surface area contributed by atoms with E-state index < -0.39 is 0 Å². The maximum Gasteiger partial charge on any atom is 0.131 e. The van der Waals surface area contributed by atoms with Gasteiger partial charge < -0.3 is 4.74 Å². The van der Waals surface area contributed by atoms with Crippen molar-refractivity contribution in [3.05, 3.63) is 59.2 Å². The van der Waals surface area contributed by atoms with E-state index in [1.807, 2.05) is 12.1 Å². The van der Waals surface area contributed by atoms with Gasteiger partial charge in [-0.25, -0.2) is 0 Å². The lowest BCUT2D eigenvalue weighted by atomic mass is 9.89. The molecule has 0 N–H and O–H groups in total. The molecule has 1 aliphatic rings. The molecule has 1 aliphatic heterocycles. The summed E-state index contributed by atoms with van der Waals surface area (Å²) >= 11 is 0. The molecule has 2 aromatic rings. The van der Waals surface area contributed by atoms with Crippen molar-refractivity contribution in [1.29, 1.82) is 0 Å². The van der Waals surface area contributed by atoms with Gasteiger partial charge in [0.25, 0.3) is 0 Å². The smallest absolute Gasteiger partial charge is 0.131 e. The van der Waals surface area contributed by atoms with Gasteiger partial charge in [-0.3, -0.25) is 0 Å². The molecule has 1 nitrogen and oxygen atoms in total. The quantitative estimate of drug-likeness (QED) is 0.631. The number of benzene rings is 2. The third kappa shape index (κ3) is 1.32. The van der Waals surface area contributed by atoms with Gasteiger partial charge in [0.1, 0.15) is 11.5 Å². The van der Waals surface area contributed by atoms with Gasteiger partial charge >= 0.3 is 0 Å². The van der Waals surface area contributed by atoms with E-state index in [0.717, 1.165) is 11.5 Å². The van der Waals surface area contributed by atoms with Crippen LogP contribution in [0, 0.1) is 6.92 Å². The molecule has 1 heteroatoms. The van der Waals surface area contributed by atoms with Crippen LogP contribution in [0.5, 0.6) is 11.5 Å². The molecule has 0 saturated heterocycles. The van der Waals surface area contributed by atoms with Crippen LogP contribution in [0.1, 0.15) is 29.5 Å². The molecule has 1 atom stereocenters. The zero-order chi connectivity index (χ0) is 11.1. The molecule has 3 rings (SSSR count). The van der Waals surface area contributed by atoms with E-state index in [9.17, 15) is 0 Å². The normalized spacial score (nSPS) is 17.2. The molecule has 0 aromatic heterocycles. The first kappa shape index (κ1) is 9.46. The van der Waals surface area contributed by atoms with Crippen LogP contribution in [0.2, 0.25) is 0 Å². The summed E-state index contributed by atoms with van der Waals surface area (Å²) in [6.45, 7) is 4.32. The second-order valence-corrected chi connectivity index (χ2v) is 4.40. The Morgan fingerprint density at radius 3 is 2.56 bits per heavy atom. The highest BCUT2D eigenvalue weighted by atomic mass is 16.5. The Morgan fingerprint density at radius 1 is 0.938 bits per heavy atom. The van der Waals surface area contributed by atoms with Crippen molar-refractivity contribution in [2.75, 3.05) is 0 Å². The molecule has 0 aliphatic carbocycles. The largest absolute Gasteiger partial charge is 0.457 e. The molecule has 0 radical (unpaired) electrons. The lowest BCUT2D eigenvalue weighted by molar-refractivity contribution is 0.449. The fourth-order valence-corrected chi connectivity index (χ4v) is 2.30. The van der Waals surface area contributed by atoms with E-state index in [2.05, 4.69) is 44.2 Å². The molecule has 1 unspecified atom stereocenters. The fourth-order valence-electron chi connectivity index (χ4n) is 2.30. The predicted molar refractivity (Wildman–Crippen MR) is 65.2 cm³/mol. The first-order chi connectivity index (χ1) is 7.75. The van der Waals surface area contributed by atoms with E-state index in [1.54, 1.807) is 0 Å². The summed E-state index contributed by atoms with van der Waals surface area (Å²) in [7, 11) is 0. The molecular formula is C15H14O. The number of fused-ring (bicyclic) bond motifs is 2. The molecule has 0 bridgehead atoms. The Bertz CT molecular complexity index is 543. The fraction of sp³-hybridized carbons (Fsp3) is 0.200. The monoisotopic (exact) mass is 210 g/mol. The molecule has 2 aromatic carbocycles. The van der Waals surface area contributed by atoms with Crippen LogP contribution < -0.4 is 4.74 Å². The summed E-state index contributed by atoms with van der Waals surface area (Å²) in [5, 5.41) is 0. The number of para-hydroxylation sites is 1. The summed E-state index contributed by atoms with van der Waals surface area (Å²) < 4.78 is 5.93. The average Bonchev–Trinajstić information content (AvgIpc) is 2.29. The minimum absolute atomic E-state index is 0.417. The summed E-state index contributed by atoms with van der Waals surface area (Å²) in [5.41, 5.74) is 3.80. The zero-order valence-corrected chi connectivity index (χ0v) is 9.53. The Morgan fingerprint density at radius 2 is 1.69 bits per heavy atom. The van der Waals surface area contributed by atoms with Crippen LogP contribution in [0.4, 0.5) is 0 Å². The number of hydrogen-bond acceptors (Lipinski definition) is 1. The van der Waals surface area contributed by atoms with E-state index in [-0.39, 0.29) is 0 Å². The van der Waals surface area contributed by atoms with Crippen molar-refractivity contribution in [3.63, 3.8) is 0 Å². The highest BCUT2D eigenvalue weighted by molar-refractivity contribution is 5.53. The van der Waals surface area contributed by atoms with Gasteiger partial charge in [-0.05, 0) is 24.6 Å². The minimum atomic E-state index is 0.417. The highest BCUT2D eigenvalue weighted by Crippen LogP contribution is 2.43. The number of ether oxygens (including phenoxy) is 1. The maximum absolute atomic E-state index is 5.93. The SMILES string of the molecule is Cc1ccc2c(c1)Oc1ccccc1C2C. The van der Waals surface area contributed by atoms with E-state index in [0.29, 0.717) is 5.92 Å². The molecule has 0 fully saturated rings. The highest BCUT2D eigenvalue weighted by Gasteiger charge is 2.22. The first-order valence-corrected chi connectivity index (χ1v) is 5.63. The molecule has 16 heavy (non-hydrogen) atoms. The van der Waals surface area contributed by atoms with E-state index in [4.69, 9.17) is 4.74 Å². The molecular weight excluding hydrogens is 196 g/mol. The molecule has 0 saturated carbocycles. The average molecular weight is 210 g/mol. The first-order valence-electron chi connectivity index (χ1n) is 5.63. The van der Waals surface area contributed by atoms with Crippen LogP contribution in [0.3, 0.4) is 0 Å². The minimum Gasteiger partial charge on any atom is -0.457 e. The Kier molecular flexibility index (Phi) is 2.00. The van der Waals surface area contributed by atoms with Gasteiger partial charge in [0.2, 0.25) is 0 Å². The lowest BCUT2D eigenvalue weighted by Crippen LogP contribution is -2.07. The Hall–Kier alpha value is -1.76. The van der Waals surface area contributed by atoms with E-state index in [1.165, 1.54) is 16.7 Å². The van der Waals surface area contributed by atoms with Crippen molar-refractivity contribution in [1.82, 2.24) is 0 Å². The summed E-state index contributed by atoms with van der Waals surface area (Å²) in [5.74, 6) is 2.42. The summed E-state index contributed by atoms with van der Waals surface area (Å²) in [4.78, 5) is 0. The maximum atomic E-state index is 5.93. The second kappa shape index (κ2) is 3.38. The van der Waals surface area contributed by atoms with Crippen molar-refractivity contribution < 1.29 is 4.74 Å². The molecule has 0 amide bonds. The summed E-state index contributed by atoms with van der Waals surface area (Å²) in [6, 6.07) is 14.7. The van der Waals surface area contributed by atoms with Crippen LogP contribution >= 0.6 is 0 Å². The Labute approximate surface area is 95.7 Å². The van der Waals surface area contributed by atoms with Crippen molar-refractivity contribution in [2.45, 2.75) is 19.8 Å². The third-order valence-electron chi connectivity index (χ3n) is 3.24. The zero-order valence-electron chi connectivity index (χ0n) is 9.53. The van der Waals surface area contributed by atoms with Gasteiger partial charge in [0.15, 0.2) is 0 Å². The summed E-state index contributed by atoms with van der Waals surface area (Å²) in [6.07, 6.45) is 0. The number of hydrogen-bond donors (Lipinski definition) is 0. The van der Waals surface area contributed by atoms with Gasteiger partial charge in [-0.15, -0.1) is 0 Å². The van der Waals surface area contributed by atoms with Crippen LogP contribution in [0.15, 0.2) is 42.5 Å². The van der Waals surface area contributed by atoms with Gasteiger partial charge in [-0.2, -0.15) is 0 Å². The topological polar surface area (TPSA) is 9.23 Å². The number of aryl methyl sites for hydroxylation is 1. The van der Waals surface area contributed by atoms with Gasteiger partial charge in [0.05, 0.1) is 0 Å². The van der Waals surface area contributed by atoms with Gasteiger partial charge in [0, 0.05) is 17.0 Å². The molecule has 80 valence electrons. The van der Waals surface area contributed by atoms with Crippen molar-refractivity contribution >= 4 is 0 Å². The molecule has 0 spiro atoms. The van der Waals surface area contributed by atoms with Crippen molar-refractivity contribution in [2.24, 2.45) is 0 Å². The molecule has 1 heterocycles. The van der Waals surface area contributed by atoms with Crippen LogP contribution in [-0.2, 0) is 0 Å². The number of rotatable bonds is 0. The second-order valence-electron chi connectivity index (χ2n) is 4.40. The predicted octanol–water partition coefficient (Wildman–Crippen LogP) is 4.25. The van der Waals surface area contributed by atoms with E-state index >= 15 is 0 Å².